The zero-order chi connectivity index (χ0) is 22.0. The lowest BCUT2D eigenvalue weighted by molar-refractivity contribution is 0.0940. The number of carbonyl (C=O) groups is 1. The van der Waals surface area contributed by atoms with E-state index in [1.54, 1.807) is 0 Å². The van der Waals surface area contributed by atoms with Crippen LogP contribution in [-0.2, 0) is 6.54 Å². The number of amides is 1. The van der Waals surface area contributed by atoms with Crippen LogP contribution in [0.1, 0.15) is 65.3 Å². The Labute approximate surface area is 183 Å². The SMILES string of the molecule is Cc1ccc(Cn2ncc3ccc(C(=O)N[C@@H](C)c4ccc(C(C)C)cc4)cc32)cc1. The lowest BCUT2D eigenvalue weighted by Gasteiger charge is -2.16. The summed E-state index contributed by atoms with van der Waals surface area (Å²) >= 11 is 0. The lowest BCUT2D eigenvalue weighted by atomic mass is 9.99. The van der Waals surface area contributed by atoms with E-state index in [1.807, 2.05) is 36.0 Å². The average molecular weight is 412 g/mol. The number of hydrogen-bond acceptors (Lipinski definition) is 2. The highest BCUT2D eigenvalue weighted by atomic mass is 16.1. The van der Waals surface area contributed by atoms with Crippen molar-refractivity contribution in [1.29, 1.82) is 0 Å². The first kappa shape index (κ1) is 20.9. The molecule has 0 spiro atoms. The molecule has 158 valence electrons. The second kappa shape index (κ2) is 8.76. The number of rotatable bonds is 6. The molecule has 1 aromatic heterocycles. The predicted molar refractivity (Wildman–Crippen MR) is 126 cm³/mol. The topological polar surface area (TPSA) is 46.9 Å². The minimum atomic E-state index is -0.0783. The van der Waals surface area contributed by atoms with Crippen LogP contribution in [0.15, 0.2) is 72.9 Å². The van der Waals surface area contributed by atoms with E-state index in [0.717, 1.165) is 16.5 Å². The van der Waals surface area contributed by atoms with Gasteiger partial charge >= 0.3 is 0 Å². The normalized spacial score (nSPS) is 12.3. The van der Waals surface area contributed by atoms with E-state index < -0.39 is 0 Å². The molecule has 0 saturated carbocycles. The largest absolute Gasteiger partial charge is 0.346 e. The number of nitrogens with one attached hydrogen (secondary N) is 1. The molecule has 4 rings (SSSR count). The Morgan fingerprint density at radius 3 is 2.29 bits per heavy atom. The van der Waals surface area contributed by atoms with E-state index in [0.29, 0.717) is 18.0 Å². The van der Waals surface area contributed by atoms with Crippen molar-refractivity contribution in [2.24, 2.45) is 0 Å². The van der Waals surface area contributed by atoms with Gasteiger partial charge in [-0.2, -0.15) is 5.10 Å². The van der Waals surface area contributed by atoms with Crippen molar-refractivity contribution in [3.05, 3.63) is 101 Å². The molecule has 0 radical (unpaired) electrons. The zero-order valence-corrected chi connectivity index (χ0v) is 18.6. The summed E-state index contributed by atoms with van der Waals surface area (Å²) in [6.07, 6.45) is 1.85. The van der Waals surface area contributed by atoms with Gasteiger partial charge in [0.2, 0.25) is 0 Å². The fourth-order valence-electron chi connectivity index (χ4n) is 3.74. The molecule has 1 amide bonds. The second-order valence-corrected chi connectivity index (χ2v) is 8.58. The Morgan fingerprint density at radius 2 is 1.61 bits per heavy atom. The number of fused-ring (bicyclic) bond motifs is 1. The van der Waals surface area contributed by atoms with Gasteiger partial charge in [-0.05, 0) is 48.6 Å². The Hall–Kier alpha value is -3.40. The number of aryl methyl sites for hydroxylation is 1. The van der Waals surface area contributed by atoms with Crippen LogP contribution in [0.25, 0.3) is 10.9 Å². The van der Waals surface area contributed by atoms with Gasteiger partial charge in [0.25, 0.3) is 5.91 Å². The van der Waals surface area contributed by atoms with Gasteiger partial charge in [0.1, 0.15) is 0 Å². The molecule has 0 aliphatic heterocycles. The van der Waals surface area contributed by atoms with E-state index in [4.69, 9.17) is 0 Å². The lowest BCUT2D eigenvalue weighted by Crippen LogP contribution is -2.26. The van der Waals surface area contributed by atoms with Crippen LogP contribution in [0.5, 0.6) is 0 Å². The highest BCUT2D eigenvalue weighted by molar-refractivity contribution is 5.98. The minimum absolute atomic E-state index is 0.0677. The second-order valence-electron chi connectivity index (χ2n) is 8.58. The monoisotopic (exact) mass is 411 g/mol. The van der Waals surface area contributed by atoms with Gasteiger partial charge in [0.15, 0.2) is 0 Å². The molecular weight excluding hydrogens is 382 g/mol. The third-order valence-electron chi connectivity index (χ3n) is 5.81. The maximum Gasteiger partial charge on any atom is 0.251 e. The van der Waals surface area contributed by atoms with Gasteiger partial charge in [-0.25, -0.2) is 0 Å². The van der Waals surface area contributed by atoms with Crippen molar-refractivity contribution < 1.29 is 4.79 Å². The Kier molecular flexibility index (Phi) is 5.90. The van der Waals surface area contributed by atoms with Gasteiger partial charge in [-0.15, -0.1) is 0 Å². The summed E-state index contributed by atoms with van der Waals surface area (Å²) in [6.45, 7) is 9.13. The number of benzene rings is 3. The highest BCUT2D eigenvalue weighted by Gasteiger charge is 2.14. The van der Waals surface area contributed by atoms with Crippen molar-refractivity contribution in [1.82, 2.24) is 15.1 Å². The molecule has 3 aromatic carbocycles. The van der Waals surface area contributed by atoms with E-state index in [2.05, 4.69) is 79.7 Å². The molecule has 4 heteroatoms. The van der Waals surface area contributed by atoms with Gasteiger partial charge in [-0.1, -0.05) is 74.0 Å². The number of nitrogens with zero attached hydrogens (tertiary/aromatic N) is 2. The molecule has 4 nitrogen and oxygen atoms in total. The van der Waals surface area contributed by atoms with Gasteiger partial charge in [0.05, 0.1) is 24.3 Å². The molecular formula is C27H29N3O. The Morgan fingerprint density at radius 1 is 0.935 bits per heavy atom. The molecule has 0 aliphatic rings. The molecule has 0 unspecified atom stereocenters. The van der Waals surface area contributed by atoms with Crippen molar-refractivity contribution in [2.45, 2.75) is 46.2 Å². The van der Waals surface area contributed by atoms with E-state index >= 15 is 0 Å². The van der Waals surface area contributed by atoms with Gasteiger partial charge < -0.3 is 5.32 Å². The highest BCUT2D eigenvalue weighted by Crippen LogP contribution is 2.21. The van der Waals surface area contributed by atoms with Crippen molar-refractivity contribution in [3.63, 3.8) is 0 Å². The Balaban J connectivity index is 1.52. The molecule has 1 N–H and O–H groups in total. The summed E-state index contributed by atoms with van der Waals surface area (Å²) in [7, 11) is 0. The van der Waals surface area contributed by atoms with Gasteiger partial charge in [-0.3, -0.25) is 9.48 Å². The number of hydrogen-bond donors (Lipinski definition) is 1. The quantitative estimate of drug-likeness (QED) is 0.422. The molecule has 0 saturated heterocycles. The minimum Gasteiger partial charge on any atom is -0.346 e. The zero-order valence-electron chi connectivity index (χ0n) is 18.6. The smallest absolute Gasteiger partial charge is 0.251 e. The predicted octanol–water partition coefficient (Wildman–Crippen LogP) is 6.01. The van der Waals surface area contributed by atoms with Crippen LogP contribution in [0.3, 0.4) is 0 Å². The third-order valence-corrected chi connectivity index (χ3v) is 5.81. The van der Waals surface area contributed by atoms with Crippen LogP contribution in [0.4, 0.5) is 0 Å². The molecule has 31 heavy (non-hydrogen) atoms. The van der Waals surface area contributed by atoms with E-state index in [-0.39, 0.29) is 11.9 Å². The molecule has 0 aliphatic carbocycles. The Bertz CT molecular complexity index is 1190. The van der Waals surface area contributed by atoms with Crippen LogP contribution in [-0.4, -0.2) is 15.7 Å². The maximum absolute atomic E-state index is 12.9. The summed E-state index contributed by atoms with van der Waals surface area (Å²) in [4.78, 5) is 12.9. The number of aromatic nitrogens is 2. The van der Waals surface area contributed by atoms with Crippen molar-refractivity contribution in [3.8, 4) is 0 Å². The summed E-state index contributed by atoms with van der Waals surface area (Å²) < 4.78 is 1.95. The van der Waals surface area contributed by atoms with Crippen molar-refractivity contribution in [2.75, 3.05) is 0 Å². The van der Waals surface area contributed by atoms with E-state index in [9.17, 15) is 4.79 Å². The molecule has 1 heterocycles. The van der Waals surface area contributed by atoms with Crippen LogP contribution >= 0.6 is 0 Å². The van der Waals surface area contributed by atoms with Crippen LogP contribution in [0.2, 0.25) is 0 Å². The maximum atomic E-state index is 12.9. The first-order chi connectivity index (χ1) is 14.9. The van der Waals surface area contributed by atoms with Crippen LogP contribution in [0, 0.1) is 6.92 Å². The fourth-order valence-corrected chi connectivity index (χ4v) is 3.74. The summed E-state index contributed by atoms with van der Waals surface area (Å²) in [5.74, 6) is 0.417. The molecule has 4 aromatic rings. The number of carbonyl (C=O) groups excluding carboxylic acids is 1. The third kappa shape index (κ3) is 4.69. The summed E-state index contributed by atoms with van der Waals surface area (Å²) in [5, 5.41) is 8.68. The first-order valence-corrected chi connectivity index (χ1v) is 10.8. The van der Waals surface area contributed by atoms with E-state index in [1.165, 1.54) is 16.7 Å². The first-order valence-electron chi connectivity index (χ1n) is 10.8. The average Bonchev–Trinajstić information content (AvgIpc) is 3.17. The molecule has 0 fully saturated rings. The fraction of sp³-hybridized carbons (Fsp3) is 0.259. The molecule has 1 atom stereocenters. The standard InChI is InChI=1S/C27H29N3O/c1-18(2)22-9-11-23(12-10-22)20(4)29-27(31)24-13-14-25-16-28-30(26(25)15-24)17-21-7-5-19(3)6-8-21/h5-16,18,20H,17H2,1-4H3,(H,29,31)/t20-/m0/s1. The van der Waals surface area contributed by atoms with Crippen molar-refractivity contribution >= 4 is 16.8 Å². The van der Waals surface area contributed by atoms with Gasteiger partial charge in [0, 0.05) is 10.9 Å². The van der Waals surface area contributed by atoms with Crippen LogP contribution < -0.4 is 5.32 Å². The molecule has 0 bridgehead atoms. The summed E-state index contributed by atoms with van der Waals surface area (Å²) in [5.41, 5.74) is 6.42. The summed E-state index contributed by atoms with van der Waals surface area (Å²) in [6, 6.07) is 22.6.